The number of thioether (sulfide) groups is 1. The fourth-order valence-electron chi connectivity index (χ4n) is 1.54. The van der Waals surface area contributed by atoms with Crippen molar-refractivity contribution in [1.29, 1.82) is 0 Å². The molecule has 0 saturated carbocycles. The summed E-state index contributed by atoms with van der Waals surface area (Å²) in [6, 6.07) is 8.30. The molecule has 0 fully saturated rings. The van der Waals surface area contributed by atoms with Crippen LogP contribution in [0.1, 0.15) is 26.7 Å². The molecule has 0 aliphatic rings. The number of anilines is 1. The van der Waals surface area contributed by atoms with E-state index in [-0.39, 0.29) is 12.5 Å². The third kappa shape index (κ3) is 5.13. The second kappa shape index (κ2) is 7.22. The zero-order valence-corrected chi connectivity index (χ0v) is 11.1. The van der Waals surface area contributed by atoms with Gasteiger partial charge in [-0.1, -0.05) is 19.1 Å². The number of rotatable bonds is 7. The SMILES string of the molecule is CCSc1ccccc1NC(C)CCC(=O)O. The Morgan fingerprint density at radius 2 is 2.18 bits per heavy atom. The van der Waals surface area contributed by atoms with Crippen LogP contribution in [-0.4, -0.2) is 22.9 Å². The van der Waals surface area contributed by atoms with Crippen LogP contribution in [-0.2, 0) is 4.79 Å². The van der Waals surface area contributed by atoms with Crippen molar-refractivity contribution in [2.75, 3.05) is 11.1 Å². The summed E-state index contributed by atoms with van der Waals surface area (Å²) in [6.07, 6.45) is 0.845. The number of nitrogens with one attached hydrogen (secondary N) is 1. The molecule has 0 bridgehead atoms. The van der Waals surface area contributed by atoms with Gasteiger partial charge in [0.15, 0.2) is 0 Å². The first-order chi connectivity index (χ1) is 8.13. The third-order valence-electron chi connectivity index (χ3n) is 2.38. The van der Waals surface area contributed by atoms with Crippen molar-refractivity contribution in [2.45, 2.75) is 37.6 Å². The second-order valence-corrected chi connectivity index (χ2v) is 5.21. The Labute approximate surface area is 107 Å². The Bertz CT molecular complexity index is 368. The molecule has 0 saturated heterocycles. The van der Waals surface area contributed by atoms with Gasteiger partial charge in [0.1, 0.15) is 0 Å². The van der Waals surface area contributed by atoms with Crippen LogP contribution in [0.3, 0.4) is 0 Å². The third-order valence-corrected chi connectivity index (χ3v) is 3.34. The van der Waals surface area contributed by atoms with Crippen LogP contribution >= 0.6 is 11.8 Å². The van der Waals surface area contributed by atoms with E-state index in [1.807, 2.05) is 25.1 Å². The number of hydrogen-bond donors (Lipinski definition) is 2. The Morgan fingerprint density at radius 3 is 2.82 bits per heavy atom. The second-order valence-electron chi connectivity index (χ2n) is 3.91. The normalized spacial score (nSPS) is 12.1. The van der Waals surface area contributed by atoms with Gasteiger partial charge < -0.3 is 10.4 Å². The average Bonchev–Trinajstić information content (AvgIpc) is 2.29. The molecule has 0 aromatic heterocycles. The highest BCUT2D eigenvalue weighted by molar-refractivity contribution is 7.99. The number of carbonyl (C=O) groups is 1. The quantitative estimate of drug-likeness (QED) is 0.731. The van der Waals surface area contributed by atoms with Crippen molar-refractivity contribution in [3.63, 3.8) is 0 Å². The van der Waals surface area contributed by atoms with E-state index in [1.165, 1.54) is 4.90 Å². The van der Waals surface area contributed by atoms with Gasteiger partial charge in [-0.3, -0.25) is 4.79 Å². The number of carboxylic acid groups (broad SMARTS) is 1. The molecule has 17 heavy (non-hydrogen) atoms. The minimum absolute atomic E-state index is 0.171. The van der Waals surface area contributed by atoms with Crippen molar-refractivity contribution in [2.24, 2.45) is 0 Å². The standard InChI is InChI=1S/C13H19NO2S/c1-3-17-12-7-5-4-6-11(12)14-10(2)8-9-13(15)16/h4-7,10,14H,3,8-9H2,1-2H3,(H,15,16). The summed E-state index contributed by atoms with van der Waals surface area (Å²) in [5.74, 6) is 0.289. The van der Waals surface area contributed by atoms with E-state index in [9.17, 15) is 4.79 Å². The number of aliphatic carboxylic acids is 1. The maximum atomic E-state index is 10.5. The van der Waals surface area contributed by atoms with E-state index in [2.05, 4.69) is 18.3 Å². The van der Waals surface area contributed by atoms with Crippen LogP contribution in [0, 0.1) is 0 Å². The first kappa shape index (κ1) is 13.9. The molecule has 0 heterocycles. The number of carboxylic acids is 1. The summed E-state index contributed by atoms with van der Waals surface area (Å²) in [5.41, 5.74) is 1.09. The van der Waals surface area contributed by atoms with E-state index < -0.39 is 5.97 Å². The Balaban J connectivity index is 2.57. The highest BCUT2D eigenvalue weighted by Gasteiger charge is 2.07. The minimum Gasteiger partial charge on any atom is -0.481 e. The lowest BCUT2D eigenvalue weighted by atomic mass is 10.1. The Morgan fingerprint density at radius 1 is 1.47 bits per heavy atom. The molecule has 2 N–H and O–H groups in total. The predicted molar refractivity (Wildman–Crippen MR) is 72.8 cm³/mol. The zero-order chi connectivity index (χ0) is 12.7. The van der Waals surface area contributed by atoms with Crippen LogP contribution in [0.4, 0.5) is 5.69 Å². The first-order valence-electron chi connectivity index (χ1n) is 5.83. The van der Waals surface area contributed by atoms with Gasteiger partial charge in [-0.25, -0.2) is 0 Å². The lowest BCUT2D eigenvalue weighted by Gasteiger charge is -2.16. The molecule has 1 atom stereocenters. The highest BCUT2D eigenvalue weighted by Crippen LogP contribution is 2.27. The maximum Gasteiger partial charge on any atom is 0.303 e. The fraction of sp³-hybridized carbons (Fsp3) is 0.462. The van der Waals surface area contributed by atoms with Crippen LogP contribution in [0.5, 0.6) is 0 Å². The van der Waals surface area contributed by atoms with Crippen LogP contribution < -0.4 is 5.32 Å². The summed E-state index contributed by atoms with van der Waals surface area (Å²) >= 11 is 1.79. The van der Waals surface area contributed by atoms with Gasteiger partial charge in [-0.2, -0.15) is 0 Å². The van der Waals surface area contributed by atoms with Gasteiger partial charge in [0.05, 0.1) is 0 Å². The molecule has 0 amide bonds. The summed E-state index contributed by atoms with van der Waals surface area (Å²) < 4.78 is 0. The molecule has 1 aromatic rings. The van der Waals surface area contributed by atoms with Crippen molar-refractivity contribution < 1.29 is 9.90 Å². The Hall–Kier alpha value is -1.16. The molecular weight excluding hydrogens is 234 g/mol. The van der Waals surface area contributed by atoms with Crippen LogP contribution in [0.25, 0.3) is 0 Å². The van der Waals surface area contributed by atoms with Gasteiger partial charge in [-0.05, 0) is 31.2 Å². The van der Waals surface area contributed by atoms with E-state index in [1.54, 1.807) is 11.8 Å². The topological polar surface area (TPSA) is 49.3 Å². The largest absolute Gasteiger partial charge is 0.481 e. The van der Waals surface area contributed by atoms with Crippen LogP contribution in [0.15, 0.2) is 29.2 Å². The molecule has 0 radical (unpaired) electrons. The van der Waals surface area contributed by atoms with Gasteiger partial charge in [-0.15, -0.1) is 11.8 Å². The average molecular weight is 253 g/mol. The Kier molecular flexibility index (Phi) is 5.91. The van der Waals surface area contributed by atoms with Gasteiger partial charge >= 0.3 is 5.97 Å². The summed E-state index contributed by atoms with van der Waals surface area (Å²) in [6.45, 7) is 4.13. The molecule has 1 unspecified atom stereocenters. The molecule has 0 spiro atoms. The number of para-hydroxylation sites is 1. The zero-order valence-electron chi connectivity index (χ0n) is 10.3. The van der Waals surface area contributed by atoms with E-state index in [4.69, 9.17) is 5.11 Å². The van der Waals surface area contributed by atoms with E-state index in [0.717, 1.165) is 11.4 Å². The maximum absolute atomic E-state index is 10.5. The predicted octanol–water partition coefficient (Wildman–Crippen LogP) is 3.46. The van der Waals surface area contributed by atoms with E-state index >= 15 is 0 Å². The molecule has 1 aromatic carbocycles. The molecule has 0 aliphatic heterocycles. The lowest BCUT2D eigenvalue weighted by molar-refractivity contribution is -0.137. The van der Waals surface area contributed by atoms with E-state index in [0.29, 0.717) is 6.42 Å². The number of hydrogen-bond acceptors (Lipinski definition) is 3. The van der Waals surface area contributed by atoms with Gasteiger partial charge in [0, 0.05) is 23.0 Å². The minimum atomic E-state index is -0.741. The molecule has 3 nitrogen and oxygen atoms in total. The number of benzene rings is 1. The molecule has 0 aliphatic carbocycles. The van der Waals surface area contributed by atoms with Crippen molar-refractivity contribution >= 4 is 23.4 Å². The fourth-order valence-corrected chi connectivity index (χ4v) is 2.31. The van der Waals surface area contributed by atoms with Crippen molar-refractivity contribution in [3.05, 3.63) is 24.3 Å². The van der Waals surface area contributed by atoms with Crippen molar-refractivity contribution in [3.8, 4) is 0 Å². The van der Waals surface area contributed by atoms with Gasteiger partial charge in [0.25, 0.3) is 0 Å². The summed E-state index contributed by atoms with van der Waals surface area (Å²) in [4.78, 5) is 11.7. The lowest BCUT2D eigenvalue weighted by Crippen LogP contribution is -2.17. The smallest absolute Gasteiger partial charge is 0.303 e. The van der Waals surface area contributed by atoms with Gasteiger partial charge in [0.2, 0.25) is 0 Å². The molecule has 1 rings (SSSR count). The summed E-state index contributed by atoms with van der Waals surface area (Å²) in [7, 11) is 0. The monoisotopic (exact) mass is 253 g/mol. The summed E-state index contributed by atoms with van der Waals surface area (Å²) in [5, 5.41) is 12.0. The van der Waals surface area contributed by atoms with Crippen LogP contribution in [0.2, 0.25) is 0 Å². The molecule has 94 valence electrons. The highest BCUT2D eigenvalue weighted by atomic mass is 32.2. The van der Waals surface area contributed by atoms with Crippen molar-refractivity contribution in [1.82, 2.24) is 0 Å². The molecule has 4 heteroatoms. The molecular formula is C13H19NO2S. The first-order valence-corrected chi connectivity index (χ1v) is 6.82.